The van der Waals surface area contributed by atoms with Gasteiger partial charge in [0.25, 0.3) is 0 Å². The van der Waals surface area contributed by atoms with Crippen molar-refractivity contribution in [1.29, 1.82) is 0 Å². The minimum atomic E-state index is -0.662. The van der Waals surface area contributed by atoms with E-state index in [1.54, 1.807) is 26.6 Å². The molecule has 48 heavy (non-hydrogen) atoms. The van der Waals surface area contributed by atoms with Crippen LogP contribution in [0.2, 0.25) is 0 Å². The Morgan fingerprint density at radius 3 is 2.19 bits per heavy atom. The highest BCUT2D eigenvalue weighted by Crippen LogP contribution is 2.44. The molecular weight excluding hydrogens is 606 g/mol. The van der Waals surface area contributed by atoms with Crippen molar-refractivity contribution < 1.29 is 23.8 Å². The molecule has 1 aromatic heterocycles. The summed E-state index contributed by atoms with van der Waals surface area (Å²) in [5.41, 5.74) is 4.38. The lowest BCUT2D eigenvalue weighted by atomic mass is 9.82. The molecule has 5 rings (SSSR count). The van der Waals surface area contributed by atoms with Gasteiger partial charge in [0.2, 0.25) is 5.91 Å². The molecule has 0 saturated carbocycles. The molecule has 1 aliphatic rings. The molecule has 2 atom stereocenters. The molecule has 0 bridgehead atoms. The standard InChI is InChI=1S/C38H45N5O5/c1-26-32(29-19-30(21-31(20-29)47-18-17-46-6)42(5)37(45)48-38(2,3)4)22-33(44)41-35-34(26)39-25-40-36(35)43(23-27-13-9-7-10-14-27)24-28-15-11-8-12-16-28/h7-16,19-21,25-26,32H,17-18,22-24H2,1-6H3,(H,41,44). The molecule has 2 unspecified atom stereocenters. The van der Waals surface area contributed by atoms with E-state index in [1.807, 2.05) is 69.3 Å². The molecule has 3 aromatic carbocycles. The largest absolute Gasteiger partial charge is 0.491 e. The Bertz CT molecular complexity index is 1650. The molecule has 1 N–H and O–H groups in total. The Hall–Kier alpha value is -4.96. The maximum Gasteiger partial charge on any atom is 0.414 e. The molecule has 0 aliphatic carbocycles. The van der Waals surface area contributed by atoms with Crippen LogP contribution in [0.1, 0.15) is 68.3 Å². The van der Waals surface area contributed by atoms with Crippen LogP contribution in [0.15, 0.2) is 85.2 Å². The third-order valence-corrected chi connectivity index (χ3v) is 8.25. The van der Waals surface area contributed by atoms with Crippen LogP contribution >= 0.6 is 0 Å². The Morgan fingerprint density at radius 1 is 0.938 bits per heavy atom. The minimum Gasteiger partial charge on any atom is -0.491 e. The number of aromatic nitrogens is 2. The summed E-state index contributed by atoms with van der Waals surface area (Å²) in [6.45, 7) is 9.47. The van der Waals surface area contributed by atoms with Crippen molar-refractivity contribution in [1.82, 2.24) is 9.97 Å². The molecule has 2 amide bonds. The summed E-state index contributed by atoms with van der Waals surface area (Å²) < 4.78 is 16.9. The first-order valence-corrected chi connectivity index (χ1v) is 16.2. The highest BCUT2D eigenvalue weighted by molar-refractivity contribution is 5.96. The van der Waals surface area contributed by atoms with E-state index in [-0.39, 0.29) is 24.2 Å². The first kappa shape index (κ1) is 34.4. The number of fused-ring (bicyclic) bond motifs is 1. The Labute approximate surface area is 283 Å². The topological polar surface area (TPSA) is 106 Å². The van der Waals surface area contributed by atoms with E-state index in [9.17, 15) is 9.59 Å². The maximum atomic E-state index is 13.7. The predicted molar refractivity (Wildman–Crippen MR) is 188 cm³/mol. The lowest BCUT2D eigenvalue weighted by Crippen LogP contribution is -2.34. The lowest BCUT2D eigenvalue weighted by Gasteiger charge is -2.28. The zero-order valence-corrected chi connectivity index (χ0v) is 28.6. The van der Waals surface area contributed by atoms with Crippen LogP contribution in [0.3, 0.4) is 0 Å². The van der Waals surface area contributed by atoms with Crippen LogP contribution in [0.4, 0.5) is 22.0 Å². The first-order valence-electron chi connectivity index (χ1n) is 16.2. The molecule has 0 fully saturated rings. The fraction of sp³-hybridized carbons (Fsp3) is 0.368. The minimum absolute atomic E-state index is 0.145. The number of nitrogens with zero attached hydrogens (tertiary/aromatic N) is 4. The number of amides is 2. The molecule has 0 spiro atoms. The van der Waals surface area contributed by atoms with Crippen molar-refractivity contribution in [3.63, 3.8) is 0 Å². The molecule has 0 saturated heterocycles. The van der Waals surface area contributed by atoms with E-state index in [1.165, 1.54) is 4.90 Å². The maximum absolute atomic E-state index is 13.7. The number of methoxy groups -OCH3 is 1. The highest BCUT2D eigenvalue weighted by Gasteiger charge is 2.34. The highest BCUT2D eigenvalue weighted by atomic mass is 16.6. The molecule has 2 heterocycles. The molecule has 10 nitrogen and oxygen atoms in total. The lowest BCUT2D eigenvalue weighted by molar-refractivity contribution is -0.116. The van der Waals surface area contributed by atoms with Gasteiger partial charge < -0.3 is 24.4 Å². The van der Waals surface area contributed by atoms with Gasteiger partial charge in [-0.15, -0.1) is 0 Å². The molecule has 10 heteroatoms. The molecule has 252 valence electrons. The third kappa shape index (κ3) is 8.68. The first-order chi connectivity index (χ1) is 23.0. The van der Waals surface area contributed by atoms with Crippen molar-refractivity contribution in [3.8, 4) is 5.75 Å². The monoisotopic (exact) mass is 651 g/mol. The van der Waals surface area contributed by atoms with Crippen LogP contribution in [-0.2, 0) is 27.4 Å². The Balaban J connectivity index is 1.54. The number of hydrogen-bond donors (Lipinski definition) is 1. The fourth-order valence-electron chi connectivity index (χ4n) is 5.85. The average molecular weight is 652 g/mol. The number of nitrogens with one attached hydrogen (secondary N) is 1. The Kier molecular flexibility index (Phi) is 11.0. The second kappa shape index (κ2) is 15.3. The molecule has 1 aliphatic heterocycles. The van der Waals surface area contributed by atoms with E-state index < -0.39 is 11.7 Å². The van der Waals surface area contributed by atoms with Crippen molar-refractivity contribution >= 4 is 29.2 Å². The van der Waals surface area contributed by atoms with Gasteiger partial charge in [0.1, 0.15) is 30.0 Å². The van der Waals surface area contributed by atoms with E-state index in [4.69, 9.17) is 24.2 Å². The quantitative estimate of drug-likeness (QED) is 0.168. The fourth-order valence-corrected chi connectivity index (χ4v) is 5.85. The zero-order chi connectivity index (χ0) is 34.3. The van der Waals surface area contributed by atoms with Crippen LogP contribution in [0.5, 0.6) is 5.75 Å². The summed E-state index contributed by atoms with van der Waals surface area (Å²) in [6.07, 6.45) is 1.29. The number of anilines is 3. The third-order valence-electron chi connectivity index (χ3n) is 8.25. The van der Waals surface area contributed by atoms with E-state index in [2.05, 4.69) is 41.4 Å². The number of benzene rings is 3. The normalized spacial score (nSPS) is 15.9. The summed E-state index contributed by atoms with van der Waals surface area (Å²) in [7, 11) is 3.28. The number of rotatable bonds is 11. The van der Waals surface area contributed by atoms with Gasteiger partial charge in [0, 0.05) is 51.6 Å². The van der Waals surface area contributed by atoms with Gasteiger partial charge >= 0.3 is 6.09 Å². The second-order valence-corrected chi connectivity index (χ2v) is 13.1. The van der Waals surface area contributed by atoms with Crippen LogP contribution in [0.25, 0.3) is 0 Å². The van der Waals surface area contributed by atoms with Crippen molar-refractivity contribution in [2.24, 2.45) is 0 Å². The van der Waals surface area contributed by atoms with E-state index >= 15 is 0 Å². The molecule has 0 radical (unpaired) electrons. The van der Waals surface area contributed by atoms with Gasteiger partial charge in [-0.25, -0.2) is 14.8 Å². The van der Waals surface area contributed by atoms with Gasteiger partial charge in [-0.2, -0.15) is 0 Å². The summed E-state index contributed by atoms with van der Waals surface area (Å²) in [5.74, 6) is 0.615. The van der Waals surface area contributed by atoms with Gasteiger partial charge in [-0.3, -0.25) is 9.69 Å². The summed E-state index contributed by atoms with van der Waals surface area (Å²) in [5, 5.41) is 3.17. The SMILES string of the molecule is COCCOc1cc(C2CC(=O)Nc3c(ncnc3N(Cc3ccccc3)Cc3ccccc3)C2C)cc(N(C)C(=O)OC(C)(C)C)c1. The Morgan fingerprint density at radius 2 is 1.58 bits per heavy atom. The van der Waals surface area contributed by atoms with E-state index in [0.717, 1.165) is 22.4 Å². The molecule has 4 aromatic rings. The van der Waals surface area contributed by atoms with Crippen LogP contribution < -0.4 is 19.9 Å². The van der Waals surface area contributed by atoms with Gasteiger partial charge in [0.05, 0.1) is 18.0 Å². The number of ether oxygens (including phenoxy) is 3. The predicted octanol–water partition coefficient (Wildman–Crippen LogP) is 7.31. The average Bonchev–Trinajstić information content (AvgIpc) is 3.19. The smallest absolute Gasteiger partial charge is 0.414 e. The van der Waals surface area contributed by atoms with E-state index in [0.29, 0.717) is 49.2 Å². The number of hydrogen-bond acceptors (Lipinski definition) is 8. The van der Waals surface area contributed by atoms with Crippen molar-refractivity contribution in [3.05, 3.63) is 108 Å². The van der Waals surface area contributed by atoms with Crippen molar-refractivity contribution in [2.45, 2.75) is 64.6 Å². The van der Waals surface area contributed by atoms with Gasteiger partial charge in [0.15, 0.2) is 5.82 Å². The number of carbonyl (C=O) groups excluding carboxylic acids is 2. The number of carbonyl (C=O) groups is 2. The summed E-state index contributed by atoms with van der Waals surface area (Å²) >= 11 is 0. The van der Waals surface area contributed by atoms with Crippen molar-refractivity contribution in [2.75, 3.05) is 42.5 Å². The van der Waals surface area contributed by atoms with Crippen LogP contribution in [-0.4, -0.2) is 54.9 Å². The zero-order valence-electron chi connectivity index (χ0n) is 28.6. The summed E-state index contributed by atoms with van der Waals surface area (Å²) in [6, 6.07) is 26.1. The second-order valence-electron chi connectivity index (χ2n) is 13.1. The summed E-state index contributed by atoms with van der Waals surface area (Å²) in [4.78, 5) is 39.9. The van der Waals surface area contributed by atoms with Gasteiger partial charge in [-0.05, 0) is 49.6 Å². The van der Waals surface area contributed by atoms with Gasteiger partial charge in [-0.1, -0.05) is 67.6 Å². The van der Waals surface area contributed by atoms with Crippen LogP contribution in [0, 0.1) is 0 Å². The molecular formula is C38H45N5O5.